The monoisotopic (exact) mass is 608 g/mol. The molecule has 0 saturated heterocycles. The van der Waals surface area contributed by atoms with Crippen molar-refractivity contribution < 1.29 is 18.9 Å². The standard InChI is InChI=1S/C30H26Cl2N4O4S/c1-3-25(30(39)35-26-15-18(2)40-36-26)41-22-13-8-12-21(17-22)33-29(38)24(16-20-11-7-14-23(31)27(20)32)34-28(37)19-9-5-4-6-10-19/h4-17,25H,3H2,1-2H3,(H,33,38)(H,34,37)(H,35,36,39)/b24-16+. The maximum atomic E-state index is 13.4. The summed E-state index contributed by atoms with van der Waals surface area (Å²) in [4.78, 5) is 39.9. The number of thioether (sulfide) groups is 1. The molecule has 11 heteroatoms. The Balaban J connectivity index is 1.53. The van der Waals surface area contributed by atoms with Gasteiger partial charge in [-0.2, -0.15) is 0 Å². The zero-order valence-corrected chi connectivity index (χ0v) is 24.4. The van der Waals surface area contributed by atoms with E-state index in [-0.39, 0.29) is 16.6 Å². The molecule has 0 saturated carbocycles. The molecule has 4 aromatic rings. The molecule has 0 spiro atoms. The number of nitrogens with zero attached hydrogens (tertiary/aromatic N) is 1. The van der Waals surface area contributed by atoms with Crippen molar-refractivity contribution in [2.75, 3.05) is 10.6 Å². The highest BCUT2D eigenvalue weighted by Crippen LogP contribution is 2.30. The van der Waals surface area contributed by atoms with Crippen molar-refractivity contribution >= 4 is 70.3 Å². The van der Waals surface area contributed by atoms with Gasteiger partial charge in [0.2, 0.25) is 5.91 Å². The normalized spacial score (nSPS) is 12.0. The van der Waals surface area contributed by atoms with Gasteiger partial charge in [-0.15, -0.1) is 11.8 Å². The molecule has 0 aliphatic rings. The van der Waals surface area contributed by atoms with Gasteiger partial charge in [0.05, 0.1) is 15.3 Å². The first-order valence-corrected chi connectivity index (χ1v) is 14.2. The summed E-state index contributed by atoms with van der Waals surface area (Å²) in [5, 5.41) is 12.2. The van der Waals surface area contributed by atoms with Gasteiger partial charge in [0.1, 0.15) is 11.5 Å². The Labute approximate surface area is 251 Å². The largest absolute Gasteiger partial charge is 0.360 e. The van der Waals surface area contributed by atoms with Gasteiger partial charge < -0.3 is 20.5 Å². The first kappa shape index (κ1) is 29.9. The van der Waals surface area contributed by atoms with E-state index in [4.69, 9.17) is 27.7 Å². The van der Waals surface area contributed by atoms with Gasteiger partial charge in [0.15, 0.2) is 5.82 Å². The Morgan fingerprint density at radius 3 is 2.44 bits per heavy atom. The number of anilines is 2. The molecule has 3 aromatic carbocycles. The topological polar surface area (TPSA) is 113 Å². The molecule has 0 radical (unpaired) electrons. The summed E-state index contributed by atoms with van der Waals surface area (Å²) in [6.45, 7) is 3.65. The molecule has 1 atom stereocenters. The number of carbonyl (C=O) groups is 3. The van der Waals surface area contributed by atoms with Gasteiger partial charge in [-0.1, -0.05) is 71.7 Å². The Morgan fingerprint density at radius 2 is 1.73 bits per heavy atom. The van der Waals surface area contributed by atoms with Crippen molar-refractivity contribution in [2.24, 2.45) is 0 Å². The van der Waals surface area contributed by atoms with E-state index >= 15 is 0 Å². The molecule has 1 heterocycles. The number of hydrogen-bond donors (Lipinski definition) is 3. The number of aryl methyl sites for hydroxylation is 1. The predicted molar refractivity (Wildman–Crippen MR) is 163 cm³/mol. The molecule has 3 N–H and O–H groups in total. The van der Waals surface area contributed by atoms with E-state index in [0.717, 1.165) is 4.90 Å². The third-order valence-electron chi connectivity index (χ3n) is 5.72. The van der Waals surface area contributed by atoms with Crippen LogP contribution in [0.25, 0.3) is 6.08 Å². The fourth-order valence-electron chi connectivity index (χ4n) is 3.69. The van der Waals surface area contributed by atoms with Crippen molar-refractivity contribution in [3.63, 3.8) is 0 Å². The lowest BCUT2D eigenvalue weighted by Crippen LogP contribution is -2.30. The summed E-state index contributed by atoms with van der Waals surface area (Å²) in [7, 11) is 0. The number of benzene rings is 3. The van der Waals surface area contributed by atoms with Crippen molar-refractivity contribution in [1.82, 2.24) is 10.5 Å². The van der Waals surface area contributed by atoms with E-state index in [2.05, 4.69) is 21.1 Å². The van der Waals surface area contributed by atoms with Crippen molar-refractivity contribution in [1.29, 1.82) is 0 Å². The average Bonchev–Trinajstić information content (AvgIpc) is 3.38. The van der Waals surface area contributed by atoms with Crippen molar-refractivity contribution in [2.45, 2.75) is 30.4 Å². The van der Waals surface area contributed by atoms with E-state index in [9.17, 15) is 14.4 Å². The number of nitrogens with one attached hydrogen (secondary N) is 3. The molecule has 4 rings (SSSR count). The number of carbonyl (C=O) groups excluding carboxylic acids is 3. The van der Waals surface area contributed by atoms with E-state index in [1.807, 2.05) is 13.0 Å². The SMILES string of the molecule is CCC(Sc1cccc(NC(=O)/C(=C\c2cccc(Cl)c2Cl)NC(=O)c2ccccc2)c1)C(=O)Nc1cc(C)on1. The van der Waals surface area contributed by atoms with E-state index < -0.39 is 17.1 Å². The molecule has 1 unspecified atom stereocenters. The average molecular weight is 610 g/mol. The van der Waals surface area contributed by atoms with Gasteiger partial charge in [0, 0.05) is 22.2 Å². The zero-order valence-electron chi connectivity index (χ0n) is 22.1. The van der Waals surface area contributed by atoms with Gasteiger partial charge in [-0.05, 0) is 61.4 Å². The molecule has 0 aliphatic carbocycles. The Bertz CT molecular complexity index is 1590. The van der Waals surface area contributed by atoms with Crippen LogP contribution in [0.3, 0.4) is 0 Å². The lowest BCUT2D eigenvalue weighted by molar-refractivity contribution is -0.116. The van der Waals surface area contributed by atoms with E-state index in [0.29, 0.717) is 39.8 Å². The van der Waals surface area contributed by atoms with Crippen LogP contribution in [0.2, 0.25) is 10.0 Å². The van der Waals surface area contributed by atoms with Crippen LogP contribution >= 0.6 is 35.0 Å². The molecule has 0 fully saturated rings. The molecule has 0 bridgehead atoms. The molecule has 3 amide bonds. The third kappa shape index (κ3) is 8.23. The van der Waals surface area contributed by atoms with Crippen LogP contribution in [0.4, 0.5) is 11.5 Å². The van der Waals surface area contributed by atoms with Crippen LogP contribution in [0.1, 0.15) is 35.0 Å². The molecule has 8 nitrogen and oxygen atoms in total. The second-order valence-corrected chi connectivity index (χ2v) is 10.9. The maximum absolute atomic E-state index is 13.4. The second-order valence-electron chi connectivity index (χ2n) is 8.83. The Kier molecular flexibility index (Phi) is 10.2. The number of halogens is 2. The van der Waals surface area contributed by atoms with Crippen LogP contribution in [0.5, 0.6) is 0 Å². The second kappa shape index (κ2) is 14.0. The zero-order chi connectivity index (χ0) is 29.4. The van der Waals surface area contributed by atoms with Crippen LogP contribution in [-0.2, 0) is 9.59 Å². The smallest absolute Gasteiger partial charge is 0.272 e. The lowest BCUT2D eigenvalue weighted by Gasteiger charge is -2.15. The number of amides is 3. The Morgan fingerprint density at radius 1 is 0.976 bits per heavy atom. The van der Waals surface area contributed by atoms with Gasteiger partial charge >= 0.3 is 0 Å². The Hall–Kier alpha value is -4.05. The summed E-state index contributed by atoms with van der Waals surface area (Å²) in [6.07, 6.45) is 2.02. The van der Waals surface area contributed by atoms with Crippen LogP contribution in [-0.4, -0.2) is 28.1 Å². The predicted octanol–water partition coefficient (Wildman–Crippen LogP) is 7.21. The number of rotatable bonds is 10. The van der Waals surface area contributed by atoms with Gasteiger partial charge in [-0.3, -0.25) is 14.4 Å². The van der Waals surface area contributed by atoms with Crippen molar-refractivity contribution in [3.05, 3.63) is 111 Å². The first-order chi connectivity index (χ1) is 19.7. The first-order valence-electron chi connectivity index (χ1n) is 12.6. The summed E-state index contributed by atoms with van der Waals surface area (Å²) in [6, 6.07) is 22.3. The minimum atomic E-state index is -0.571. The van der Waals surface area contributed by atoms with E-state index in [1.54, 1.807) is 79.7 Å². The highest BCUT2D eigenvalue weighted by atomic mass is 35.5. The summed E-state index contributed by atoms with van der Waals surface area (Å²) >= 11 is 13.9. The number of aromatic nitrogens is 1. The summed E-state index contributed by atoms with van der Waals surface area (Å²) < 4.78 is 5.01. The highest BCUT2D eigenvalue weighted by Gasteiger charge is 2.20. The lowest BCUT2D eigenvalue weighted by atomic mass is 10.1. The minimum absolute atomic E-state index is 0.0326. The molecular formula is C30H26Cl2N4O4S. The maximum Gasteiger partial charge on any atom is 0.272 e. The molecule has 1 aromatic heterocycles. The molecular weight excluding hydrogens is 583 g/mol. The molecule has 41 heavy (non-hydrogen) atoms. The highest BCUT2D eigenvalue weighted by molar-refractivity contribution is 8.00. The quantitative estimate of drug-likeness (QED) is 0.129. The third-order valence-corrected chi connectivity index (χ3v) is 7.91. The molecule has 210 valence electrons. The summed E-state index contributed by atoms with van der Waals surface area (Å²) in [5.74, 6) is -0.306. The number of hydrogen-bond acceptors (Lipinski definition) is 6. The molecule has 0 aliphatic heterocycles. The van der Waals surface area contributed by atoms with Gasteiger partial charge in [-0.25, -0.2) is 0 Å². The van der Waals surface area contributed by atoms with Crippen LogP contribution in [0, 0.1) is 6.92 Å². The summed E-state index contributed by atoms with van der Waals surface area (Å²) in [5.41, 5.74) is 1.28. The van der Waals surface area contributed by atoms with Crippen LogP contribution in [0.15, 0.2) is 94.0 Å². The fourth-order valence-corrected chi connectivity index (χ4v) is 5.07. The van der Waals surface area contributed by atoms with Gasteiger partial charge in [0.25, 0.3) is 11.8 Å². The van der Waals surface area contributed by atoms with E-state index in [1.165, 1.54) is 17.8 Å². The minimum Gasteiger partial charge on any atom is -0.360 e. The van der Waals surface area contributed by atoms with Crippen molar-refractivity contribution in [3.8, 4) is 0 Å². The van der Waals surface area contributed by atoms with Crippen LogP contribution < -0.4 is 16.0 Å². The fraction of sp³-hybridized carbons (Fsp3) is 0.133.